The maximum absolute atomic E-state index is 12.2. The number of hydrogen-bond donors (Lipinski definition) is 2. The summed E-state index contributed by atoms with van der Waals surface area (Å²) < 4.78 is 5.12. The Morgan fingerprint density at radius 2 is 2.35 bits per heavy atom. The number of rotatable bonds is 5. The fourth-order valence-electron chi connectivity index (χ4n) is 2.86. The fourth-order valence-corrected chi connectivity index (χ4v) is 3.13. The molecule has 1 aliphatic heterocycles. The number of carbonyl (C=O) groups is 1. The van der Waals surface area contributed by atoms with Crippen LogP contribution in [-0.4, -0.2) is 48.9 Å². The quantitative estimate of drug-likeness (QED) is 0.866. The van der Waals surface area contributed by atoms with E-state index in [1.807, 2.05) is 12.1 Å². The molecular formula is C17H25ClN2O3. The monoisotopic (exact) mass is 340 g/mol. The highest BCUT2D eigenvalue weighted by Gasteiger charge is 2.26. The lowest BCUT2D eigenvalue weighted by molar-refractivity contribution is 0.0740. The first-order chi connectivity index (χ1) is 11.0. The number of benzene rings is 1. The van der Waals surface area contributed by atoms with E-state index in [-0.39, 0.29) is 18.1 Å². The van der Waals surface area contributed by atoms with E-state index in [1.54, 1.807) is 25.0 Å². The summed E-state index contributed by atoms with van der Waals surface area (Å²) in [5.74, 6) is 0.894. The van der Waals surface area contributed by atoms with Crippen molar-refractivity contribution in [3.8, 4) is 5.75 Å². The van der Waals surface area contributed by atoms with Crippen LogP contribution in [0.3, 0.4) is 0 Å². The maximum Gasteiger partial charge on any atom is 0.317 e. The number of methoxy groups -OCH3 is 1. The average Bonchev–Trinajstić information content (AvgIpc) is 2.56. The van der Waals surface area contributed by atoms with Gasteiger partial charge < -0.3 is 20.1 Å². The van der Waals surface area contributed by atoms with Crippen molar-refractivity contribution >= 4 is 17.6 Å². The molecule has 1 aliphatic rings. The highest BCUT2D eigenvalue weighted by atomic mass is 35.5. The van der Waals surface area contributed by atoms with Crippen LogP contribution >= 0.6 is 11.6 Å². The van der Waals surface area contributed by atoms with Gasteiger partial charge in [0, 0.05) is 30.6 Å². The summed E-state index contributed by atoms with van der Waals surface area (Å²) in [7, 11) is 1.60. The van der Waals surface area contributed by atoms with Gasteiger partial charge in [0.1, 0.15) is 5.75 Å². The second-order valence-electron chi connectivity index (χ2n) is 6.03. The summed E-state index contributed by atoms with van der Waals surface area (Å²) in [5.41, 5.74) is 0.980. The molecule has 1 aromatic rings. The fraction of sp³-hybridized carbons (Fsp3) is 0.588. The third-order valence-corrected chi connectivity index (χ3v) is 4.71. The van der Waals surface area contributed by atoms with Crippen molar-refractivity contribution in [1.29, 1.82) is 0 Å². The molecule has 0 aromatic heterocycles. The number of aliphatic hydroxyl groups excluding tert-OH is 1. The molecule has 2 atom stereocenters. The number of nitrogens with one attached hydrogen (secondary N) is 1. The first-order valence-corrected chi connectivity index (χ1v) is 8.42. The highest BCUT2D eigenvalue weighted by Crippen LogP contribution is 2.23. The zero-order valence-electron chi connectivity index (χ0n) is 13.7. The zero-order valence-corrected chi connectivity index (χ0v) is 14.5. The largest absolute Gasteiger partial charge is 0.497 e. The second-order valence-corrected chi connectivity index (χ2v) is 6.44. The van der Waals surface area contributed by atoms with Crippen molar-refractivity contribution in [2.45, 2.75) is 32.3 Å². The van der Waals surface area contributed by atoms with Gasteiger partial charge in [-0.05, 0) is 43.9 Å². The molecule has 0 bridgehead atoms. The van der Waals surface area contributed by atoms with Crippen molar-refractivity contribution in [1.82, 2.24) is 10.2 Å². The summed E-state index contributed by atoms with van der Waals surface area (Å²) >= 11 is 6.20. The van der Waals surface area contributed by atoms with Crippen LogP contribution in [0.25, 0.3) is 0 Å². The molecule has 0 aliphatic carbocycles. The Kier molecular flexibility index (Phi) is 6.54. The smallest absolute Gasteiger partial charge is 0.317 e. The highest BCUT2D eigenvalue weighted by molar-refractivity contribution is 6.31. The summed E-state index contributed by atoms with van der Waals surface area (Å²) in [4.78, 5) is 14.0. The molecule has 2 amide bonds. The van der Waals surface area contributed by atoms with Crippen LogP contribution in [-0.2, 0) is 6.42 Å². The van der Waals surface area contributed by atoms with E-state index in [9.17, 15) is 9.90 Å². The lowest BCUT2D eigenvalue weighted by atomic mass is 9.94. The van der Waals surface area contributed by atoms with Gasteiger partial charge in [0.25, 0.3) is 0 Å². The number of halogens is 1. The van der Waals surface area contributed by atoms with Gasteiger partial charge in [0.15, 0.2) is 0 Å². The molecule has 23 heavy (non-hydrogen) atoms. The van der Waals surface area contributed by atoms with Crippen LogP contribution in [0.15, 0.2) is 18.2 Å². The molecule has 1 aromatic carbocycles. The van der Waals surface area contributed by atoms with E-state index in [4.69, 9.17) is 16.3 Å². The average molecular weight is 341 g/mol. The lowest BCUT2D eigenvalue weighted by Crippen LogP contribution is -2.47. The van der Waals surface area contributed by atoms with E-state index < -0.39 is 0 Å². The molecule has 0 spiro atoms. The minimum Gasteiger partial charge on any atom is -0.497 e. The van der Waals surface area contributed by atoms with Crippen molar-refractivity contribution in [2.24, 2.45) is 5.92 Å². The van der Waals surface area contributed by atoms with Gasteiger partial charge >= 0.3 is 6.03 Å². The SMILES string of the molecule is COc1ccc(CCNC(=O)N2CCCC(C(C)O)C2)c(Cl)c1. The Morgan fingerprint density at radius 3 is 3.00 bits per heavy atom. The van der Waals surface area contributed by atoms with Gasteiger partial charge in [0.2, 0.25) is 0 Å². The van der Waals surface area contributed by atoms with Crippen LogP contribution in [0.4, 0.5) is 4.79 Å². The molecule has 5 nitrogen and oxygen atoms in total. The van der Waals surface area contributed by atoms with E-state index in [0.717, 1.165) is 30.7 Å². The van der Waals surface area contributed by atoms with E-state index >= 15 is 0 Å². The summed E-state index contributed by atoms with van der Waals surface area (Å²) in [6, 6.07) is 5.48. The number of hydrogen-bond acceptors (Lipinski definition) is 3. The molecule has 1 saturated heterocycles. The minimum atomic E-state index is -0.372. The molecule has 2 rings (SSSR count). The third kappa shape index (κ3) is 5.01. The van der Waals surface area contributed by atoms with Crippen LogP contribution in [0.1, 0.15) is 25.3 Å². The Hall–Kier alpha value is -1.46. The van der Waals surface area contributed by atoms with Crippen LogP contribution in [0.5, 0.6) is 5.75 Å². The predicted octanol–water partition coefficient (Wildman–Crippen LogP) is 2.69. The molecule has 0 saturated carbocycles. The first-order valence-electron chi connectivity index (χ1n) is 8.04. The van der Waals surface area contributed by atoms with Gasteiger partial charge in [-0.15, -0.1) is 0 Å². The van der Waals surface area contributed by atoms with Crippen molar-refractivity contribution in [2.75, 3.05) is 26.7 Å². The Morgan fingerprint density at radius 1 is 1.57 bits per heavy atom. The Balaban J connectivity index is 1.80. The van der Waals surface area contributed by atoms with Crippen molar-refractivity contribution < 1.29 is 14.6 Å². The normalized spacial score (nSPS) is 19.3. The van der Waals surface area contributed by atoms with Crippen LogP contribution in [0, 0.1) is 5.92 Å². The maximum atomic E-state index is 12.2. The number of aliphatic hydroxyl groups is 1. The van der Waals surface area contributed by atoms with Crippen LogP contribution in [0.2, 0.25) is 5.02 Å². The predicted molar refractivity (Wildman–Crippen MR) is 91.1 cm³/mol. The summed E-state index contributed by atoms with van der Waals surface area (Å²) in [6.07, 6.45) is 2.21. The number of ether oxygens (including phenoxy) is 1. The van der Waals surface area contributed by atoms with Gasteiger partial charge in [-0.25, -0.2) is 4.79 Å². The zero-order chi connectivity index (χ0) is 16.8. The number of likely N-dealkylation sites (tertiary alicyclic amines) is 1. The van der Waals surface area contributed by atoms with Gasteiger partial charge in [0.05, 0.1) is 13.2 Å². The topological polar surface area (TPSA) is 61.8 Å². The number of nitrogens with zero attached hydrogens (tertiary/aromatic N) is 1. The summed E-state index contributed by atoms with van der Waals surface area (Å²) in [5, 5.41) is 13.3. The lowest BCUT2D eigenvalue weighted by Gasteiger charge is -2.34. The molecule has 2 unspecified atom stereocenters. The van der Waals surface area contributed by atoms with Crippen molar-refractivity contribution in [3.05, 3.63) is 28.8 Å². The second kappa shape index (κ2) is 8.41. The Bertz CT molecular complexity index is 537. The standard InChI is InChI=1S/C17H25ClN2O3/c1-12(21)14-4-3-9-20(11-14)17(22)19-8-7-13-5-6-15(23-2)10-16(13)18/h5-6,10,12,14,21H,3-4,7-9,11H2,1-2H3,(H,19,22). The van der Waals surface area contributed by atoms with Gasteiger partial charge in [-0.1, -0.05) is 17.7 Å². The van der Waals surface area contributed by atoms with E-state index in [1.165, 1.54) is 0 Å². The van der Waals surface area contributed by atoms with Gasteiger partial charge in [-0.3, -0.25) is 0 Å². The van der Waals surface area contributed by atoms with Crippen molar-refractivity contribution in [3.63, 3.8) is 0 Å². The number of amides is 2. The van der Waals surface area contributed by atoms with Gasteiger partial charge in [-0.2, -0.15) is 0 Å². The molecule has 2 N–H and O–H groups in total. The number of carbonyl (C=O) groups excluding carboxylic acids is 1. The minimum absolute atomic E-state index is 0.0695. The molecular weight excluding hydrogens is 316 g/mol. The van der Waals surface area contributed by atoms with E-state index in [2.05, 4.69) is 5.32 Å². The molecule has 1 heterocycles. The molecule has 6 heteroatoms. The molecule has 128 valence electrons. The first kappa shape index (κ1) is 17.9. The molecule has 0 radical (unpaired) electrons. The van der Waals surface area contributed by atoms with Crippen LogP contribution < -0.4 is 10.1 Å². The number of piperidine rings is 1. The number of urea groups is 1. The Labute approximate surface area is 142 Å². The summed E-state index contributed by atoms with van der Waals surface area (Å²) in [6.45, 7) is 3.68. The van der Waals surface area contributed by atoms with E-state index in [0.29, 0.717) is 24.5 Å². The molecule has 1 fully saturated rings. The third-order valence-electron chi connectivity index (χ3n) is 4.36.